The Bertz CT molecular complexity index is 3110. The molecule has 3 heteroatoms. The van der Waals surface area contributed by atoms with Crippen LogP contribution in [-0.2, 0) is 5.41 Å². The number of para-hydroxylation sites is 1. The predicted molar refractivity (Wildman–Crippen MR) is 234 cm³/mol. The van der Waals surface area contributed by atoms with E-state index in [9.17, 15) is 0 Å². The minimum absolute atomic E-state index is 0.291. The van der Waals surface area contributed by atoms with Gasteiger partial charge in [0.25, 0.3) is 0 Å². The maximum atomic E-state index is 6.14. The van der Waals surface area contributed by atoms with Gasteiger partial charge in [-0.25, -0.2) is 9.97 Å². The molecule has 57 heavy (non-hydrogen) atoms. The molecule has 11 rings (SSSR count). The average molecular weight is 729 g/mol. The van der Waals surface area contributed by atoms with E-state index in [0.29, 0.717) is 5.82 Å². The number of hydrogen-bond donors (Lipinski definition) is 0. The number of rotatable bonds is 6. The maximum Gasteiger partial charge on any atom is 0.160 e. The quantitative estimate of drug-likeness (QED) is 0.171. The summed E-state index contributed by atoms with van der Waals surface area (Å²) in [6.07, 6.45) is 0. The second-order valence-corrected chi connectivity index (χ2v) is 15.1. The molecule has 8 aromatic carbocycles. The Morgan fingerprint density at radius 1 is 0.368 bits per heavy atom. The van der Waals surface area contributed by atoms with Crippen molar-refractivity contribution in [2.24, 2.45) is 0 Å². The molecule has 0 bridgehead atoms. The second-order valence-electron chi connectivity index (χ2n) is 15.1. The van der Waals surface area contributed by atoms with E-state index in [1.165, 1.54) is 27.8 Å². The van der Waals surface area contributed by atoms with Crippen LogP contribution in [0.3, 0.4) is 0 Å². The van der Waals surface area contributed by atoms with Crippen molar-refractivity contribution >= 4 is 21.9 Å². The fourth-order valence-electron chi connectivity index (χ4n) is 8.93. The van der Waals surface area contributed by atoms with Crippen LogP contribution in [0, 0.1) is 0 Å². The van der Waals surface area contributed by atoms with E-state index in [0.717, 1.165) is 72.3 Å². The smallest absolute Gasteiger partial charge is 0.160 e. The van der Waals surface area contributed by atoms with Crippen molar-refractivity contribution in [3.8, 4) is 67.3 Å². The highest BCUT2D eigenvalue weighted by molar-refractivity contribution is 6.06. The Kier molecular flexibility index (Phi) is 7.61. The molecule has 0 fully saturated rings. The highest BCUT2D eigenvalue weighted by atomic mass is 16.3. The van der Waals surface area contributed by atoms with Gasteiger partial charge in [-0.15, -0.1) is 0 Å². The Morgan fingerprint density at radius 2 is 0.947 bits per heavy atom. The van der Waals surface area contributed by atoms with Gasteiger partial charge in [-0.1, -0.05) is 164 Å². The molecule has 0 amide bonds. The van der Waals surface area contributed by atoms with Crippen LogP contribution in [0.15, 0.2) is 205 Å². The minimum Gasteiger partial charge on any atom is -0.456 e. The Morgan fingerprint density at radius 3 is 1.75 bits per heavy atom. The summed E-state index contributed by atoms with van der Waals surface area (Å²) in [5.74, 6) is 0.690. The van der Waals surface area contributed by atoms with E-state index in [4.69, 9.17) is 14.4 Å². The molecule has 1 aliphatic carbocycles. The first-order chi connectivity index (χ1) is 28.1. The van der Waals surface area contributed by atoms with Crippen LogP contribution in [-0.4, -0.2) is 9.97 Å². The summed E-state index contributed by atoms with van der Waals surface area (Å²) in [5, 5.41) is 2.23. The molecule has 0 atom stereocenters. The first-order valence-electron chi connectivity index (χ1n) is 19.5. The largest absolute Gasteiger partial charge is 0.456 e. The normalized spacial score (nSPS) is 12.8. The van der Waals surface area contributed by atoms with E-state index >= 15 is 0 Å². The van der Waals surface area contributed by atoms with E-state index < -0.39 is 0 Å². The molecule has 10 aromatic rings. The summed E-state index contributed by atoms with van der Waals surface area (Å²) < 4.78 is 6.14. The molecular formula is C54H36N2O. The molecular weight excluding hydrogens is 693 g/mol. The van der Waals surface area contributed by atoms with Crippen LogP contribution in [0.4, 0.5) is 0 Å². The standard InChI is InChI=1S/C54H36N2O/c1-54(47-26-10-7-22-42(47)43-23-8-11-27-48(43)54)40-20-14-18-38(32-40)41-21-5-6-24-44(41)50-34-49(55-53(56-50)35-15-3-2-4-16-35)39-19-13-17-36(31-39)37-29-30-52-46(33-37)45-25-9-12-28-51(45)57-52/h2-34H,1H3. The van der Waals surface area contributed by atoms with Crippen LogP contribution < -0.4 is 0 Å². The molecule has 2 heterocycles. The van der Waals surface area contributed by atoms with Crippen LogP contribution in [0.2, 0.25) is 0 Å². The molecule has 0 saturated carbocycles. The van der Waals surface area contributed by atoms with Gasteiger partial charge >= 0.3 is 0 Å². The van der Waals surface area contributed by atoms with Gasteiger partial charge in [0, 0.05) is 32.9 Å². The second kappa shape index (κ2) is 13.1. The first-order valence-corrected chi connectivity index (χ1v) is 19.5. The SMILES string of the molecule is CC1(c2cccc(-c3ccccc3-c3cc(-c4cccc(-c5ccc6oc7ccccc7c6c5)c4)nc(-c4ccccc4)n3)c2)c2ccccc2-c2ccccc21. The van der Waals surface area contributed by atoms with Crippen molar-refractivity contribution in [2.45, 2.75) is 12.3 Å². The van der Waals surface area contributed by atoms with E-state index in [1.807, 2.05) is 30.3 Å². The summed E-state index contributed by atoms with van der Waals surface area (Å²) in [6.45, 7) is 2.37. The minimum atomic E-state index is -0.291. The molecule has 0 N–H and O–H groups in total. The van der Waals surface area contributed by atoms with Gasteiger partial charge < -0.3 is 4.42 Å². The summed E-state index contributed by atoms with van der Waals surface area (Å²) in [7, 11) is 0. The molecule has 2 aromatic heterocycles. The summed E-state index contributed by atoms with van der Waals surface area (Å²) in [4.78, 5) is 10.5. The Hall–Kier alpha value is -7.36. The molecule has 0 aliphatic heterocycles. The van der Waals surface area contributed by atoms with Gasteiger partial charge in [-0.2, -0.15) is 0 Å². The summed E-state index contributed by atoms with van der Waals surface area (Å²) in [6, 6.07) is 71.1. The van der Waals surface area contributed by atoms with Gasteiger partial charge in [0.2, 0.25) is 0 Å². The Labute approximate surface area is 331 Å². The van der Waals surface area contributed by atoms with Crippen LogP contribution >= 0.6 is 0 Å². The lowest BCUT2D eigenvalue weighted by molar-refractivity contribution is 0.669. The highest BCUT2D eigenvalue weighted by Gasteiger charge is 2.40. The first kappa shape index (κ1) is 33.0. The summed E-state index contributed by atoms with van der Waals surface area (Å²) in [5.41, 5.74) is 17.4. The number of aromatic nitrogens is 2. The van der Waals surface area contributed by atoms with Gasteiger partial charge in [-0.3, -0.25) is 0 Å². The van der Waals surface area contributed by atoms with E-state index in [1.54, 1.807) is 0 Å². The van der Waals surface area contributed by atoms with Crippen LogP contribution in [0.1, 0.15) is 23.6 Å². The summed E-state index contributed by atoms with van der Waals surface area (Å²) >= 11 is 0. The topological polar surface area (TPSA) is 38.9 Å². The number of benzene rings is 8. The molecule has 0 radical (unpaired) electrons. The molecule has 268 valence electrons. The number of hydrogen-bond acceptors (Lipinski definition) is 3. The van der Waals surface area contributed by atoms with Crippen molar-refractivity contribution in [1.29, 1.82) is 0 Å². The predicted octanol–water partition coefficient (Wildman–Crippen LogP) is 14.0. The van der Waals surface area contributed by atoms with Crippen molar-refractivity contribution in [3.63, 3.8) is 0 Å². The zero-order valence-corrected chi connectivity index (χ0v) is 31.4. The highest BCUT2D eigenvalue weighted by Crippen LogP contribution is 2.52. The monoisotopic (exact) mass is 728 g/mol. The zero-order chi connectivity index (χ0) is 37.9. The lowest BCUT2D eigenvalue weighted by Crippen LogP contribution is -2.22. The fraction of sp³-hybridized carbons (Fsp3) is 0.0370. The van der Waals surface area contributed by atoms with Crippen molar-refractivity contribution in [3.05, 3.63) is 217 Å². The Balaban J connectivity index is 1.04. The maximum absolute atomic E-state index is 6.14. The number of fused-ring (bicyclic) bond motifs is 6. The molecule has 1 aliphatic rings. The van der Waals surface area contributed by atoms with Crippen molar-refractivity contribution in [2.75, 3.05) is 0 Å². The van der Waals surface area contributed by atoms with Crippen LogP contribution in [0.25, 0.3) is 89.2 Å². The lowest BCUT2D eigenvalue weighted by Gasteiger charge is -2.29. The van der Waals surface area contributed by atoms with E-state index in [2.05, 4.69) is 177 Å². The van der Waals surface area contributed by atoms with Crippen molar-refractivity contribution < 1.29 is 4.42 Å². The zero-order valence-electron chi connectivity index (χ0n) is 31.4. The van der Waals surface area contributed by atoms with Crippen LogP contribution in [0.5, 0.6) is 0 Å². The lowest BCUT2D eigenvalue weighted by atomic mass is 9.73. The average Bonchev–Trinajstić information content (AvgIpc) is 3.79. The van der Waals surface area contributed by atoms with Gasteiger partial charge in [0.1, 0.15) is 11.2 Å². The number of nitrogens with zero attached hydrogens (tertiary/aromatic N) is 2. The third-order valence-corrected chi connectivity index (χ3v) is 11.8. The van der Waals surface area contributed by atoms with Gasteiger partial charge in [0.05, 0.1) is 11.4 Å². The molecule has 0 saturated heterocycles. The fourth-order valence-corrected chi connectivity index (χ4v) is 8.93. The number of furan rings is 1. The van der Waals surface area contributed by atoms with E-state index in [-0.39, 0.29) is 5.41 Å². The van der Waals surface area contributed by atoms with Gasteiger partial charge in [-0.05, 0) is 93.4 Å². The molecule has 0 unspecified atom stereocenters. The third kappa shape index (κ3) is 5.43. The van der Waals surface area contributed by atoms with Crippen molar-refractivity contribution in [1.82, 2.24) is 9.97 Å². The molecule has 0 spiro atoms. The molecule has 3 nitrogen and oxygen atoms in total. The third-order valence-electron chi connectivity index (χ3n) is 11.8. The van der Waals surface area contributed by atoms with Gasteiger partial charge in [0.15, 0.2) is 5.82 Å².